The first-order valence-electron chi connectivity index (χ1n) is 13.2. The van der Waals surface area contributed by atoms with Crippen LogP contribution in [0, 0.1) is 0 Å². The number of sulfonamides is 1. The van der Waals surface area contributed by atoms with Crippen LogP contribution in [0.15, 0.2) is 42.5 Å². The largest absolute Gasteiger partial charge is 0.497 e. The molecule has 0 fully saturated rings. The van der Waals surface area contributed by atoms with Gasteiger partial charge in [-0.05, 0) is 49.1 Å². The predicted octanol–water partition coefficient (Wildman–Crippen LogP) is 3.69. The number of methoxy groups -OCH3 is 1. The average molecular weight is 562 g/mol. The van der Waals surface area contributed by atoms with Gasteiger partial charge in [-0.3, -0.25) is 13.9 Å². The number of rotatable bonds is 15. The van der Waals surface area contributed by atoms with Gasteiger partial charge >= 0.3 is 0 Å². The van der Waals surface area contributed by atoms with Gasteiger partial charge in [0.1, 0.15) is 11.8 Å². The molecule has 0 unspecified atom stereocenters. The highest BCUT2D eigenvalue weighted by atomic mass is 32.2. The number of amides is 2. The normalized spacial score (nSPS) is 13.0. The molecule has 0 saturated heterocycles. The quantitative estimate of drug-likeness (QED) is 0.330. The van der Waals surface area contributed by atoms with E-state index in [4.69, 9.17) is 14.2 Å². The Kier molecular flexibility index (Phi) is 10.8. The van der Waals surface area contributed by atoms with Crippen molar-refractivity contribution in [2.75, 3.05) is 37.6 Å². The van der Waals surface area contributed by atoms with Gasteiger partial charge in [-0.25, -0.2) is 8.42 Å². The van der Waals surface area contributed by atoms with Crippen LogP contribution in [0.2, 0.25) is 0 Å². The lowest BCUT2D eigenvalue weighted by atomic mass is 10.1. The fourth-order valence-electron chi connectivity index (χ4n) is 4.44. The molecule has 214 valence electrons. The molecule has 2 aromatic rings. The molecule has 0 aromatic heterocycles. The van der Waals surface area contributed by atoms with Crippen LogP contribution in [-0.4, -0.2) is 64.4 Å². The number of unbranched alkanes of at least 4 members (excludes halogenated alkanes) is 1. The third-order valence-corrected chi connectivity index (χ3v) is 7.69. The number of benzene rings is 2. The second-order valence-corrected chi connectivity index (χ2v) is 11.3. The van der Waals surface area contributed by atoms with Gasteiger partial charge in [0.2, 0.25) is 28.6 Å². The van der Waals surface area contributed by atoms with Crippen LogP contribution in [0.25, 0.3) is 0 Å². The second-order valence-electron chi connectivity index (χ2n) is 9.42. The topological polar surface area (TPSA) is 114 Å². The highest BCUT2D eigenvalue weighted by Gasteiger charge is 2.29. The molecule has 2 amide bonds. The first-order chi connectivity index (χ1) is 18.7. The molecule has 3 rings (SSSR count). The maximum Gasteiger partial charge on any atom is 0.242 e. The van der Waals surface area contributed by atoms with Crippen molar-refractivity contribution in [1.29, 1.82) is 0 Å². The number of fused-ring (bicyclic) bond motifs is 1. The highest BCUT2D eigenvalue weighted by Crippen LogP contribution is 2.36. The molecule has 1 atom stereocenters. The van der Waals surface area contributed by atoms with E-state index in [9.17, 15) is 18.0 Å². The number of carbonyl (C=O) groups is 2. The van der Waals surface area contributed by atoms with Crippen LogP contribution in [0.5, 0.6) is 17.2 Å². The summed E-state index contributed by atoms with van der Waals surface area (Å²) < 4.78 is 42.5. The van der Waals surface area contributed by atoms with Gasteiger partial charge in [-0.1, -0.05) is 32.4 Å². The van der Waals surface area contributed by atoms with Gasteiger partial charge in [0.25, 0.3) is 0 Å². The fourth-order valence-corrected chi connectivity index (χ4v) is 5.39. The summed E-state index contributed by atoms with van der Waals surface area (Å²) in [6, 6.07) is 11.7. The third kappa shape index (κ3) is 8.26. The lowest BCUT2D eigenvalue weighted by Gasteiger charge is -2.31. The zero-order chi connectivity index (χ0) is 28.4. The van der Waals surface area contributed by atoms with Gasteiger partial charge in [0.05, 0.1) is 19.1 Å². The van der Waals surface area contributed by atoms with E-state index < -0.39 is 16.1 Å². The molecule has 39 heavy (non-hydrogen) atoms. The summed E-state index contributed by atoms with van der Waals surface area (Å²) in [6.45, 7) is 4.88. The summed E-state index contributed by atoms with van der Waals surface area (Å²) in [5, 5.41) is 2.95. The van der Waals surface area contributed by atoms with Gasteiger partial charge in [-0.15, -0.1) is 0 Å². The monoisotopic (exact) mass is 561 g/mol. The third-order valence-electron chi connectivity index (χ3n) is 6.50. The Hall–Kier alpha value is -3.47. The van der Waals surface area contributed by atoms with E-state index in [1.54, 1.807) is 30.2 Å². The Morgan fingerprint density at radius 2 is 1.85 bits per heavy atom. The maximum atomic E-state index is 13.6. The van der Waals surface area contributed by atoms with E-state index in [0.717, 1.165) is 24.7 Å². The summed E-state index contributed by atoms with van der Waals surface area (Å²) in [4.78, 5) is 28.2. The molecule has 0 saturated carbocycles. The zero-order valence-corrected chi connectivity index (χ0v) is 24.0. The van der Waals surface area contributed by atoms with E-state index in [1.807, 2.05) is 38.1 Å². The average Bonchev–Trinajstić information content (AvgIpc) is 3.38. The first-order valence-corrected chi connectivity index (χ1v) is 15.1. The van der Waals surface area contributed by atoms with E-state index in [2.05, 4.69) is 5.32 Å². The molecule has 11 heteroatoms. The Bertz CT molecular complexity index is 1240. The highest BCUT2D eigenvalue weighted by molar-refractivity contribution is 7.92. The fraction of sp³-hybridized carbons (Fsp3) is 0.500. The van der Waals surface area contributed by atoms with Crippen molar-refractivity contribution in [2.24, 2.45) is 0 Å². The molecule has 1 aliphatic rings. The van der Waals surface area contributed by atoms with Crippen molar-refractivity contribution in [1.82, 2.24) is 10.2 Å². The molecule has 1 aliphatic heterocycles. The number of nitrogens with zero attached hydrogens (tertiary/aromatic N) is 2. The summed E-state index contributed by atoms with van der Waals surface area (Å²) in [7, 11) is -2.05. The number of nitrogens with one attached hydrogen (secondary N) is 1. The van der Waals surface area contributed by atoms with Crippen LogP contribution in [-0.2, 0) is 26.2 Å². The summed E-state index contributed by atoms with van der Waals surface area (Å²) in [5.41, 5.74) is 1.27. The second kappa shape index (κ2) is 14.1. The lowest BCUT2D eigenvalue weighted by molar-refractivity contribution is -0.141. The van der Waals surface area contributed by atoms with Crippen molar-refractivity contribution < 1.29 is 32.2 Å². The van der Waals surface area contributed by atoms with Crippen molar-refractivity contribution in [2.45, 2.75) is 58.5 Å². The van der Waals surface area contributed by atoms with E-state index >= 15 is 0 Å². The van der Waals surface area contributed by atoms with Crippen LogP contribution in [0.1, 0.15) is 51.5 Å². The summed E-state index contributed by atoms with van der Waals surface area (Å²) in [5.74, 6) is 1.27. The minimum Gasteiger partial charge on any atom is -0.497 e. The lowest BCUT2D eigenvalue weighted by Crippen LogP contribution is -2.49. The van der Waals surface area contributed by atoms with Crippen LogP contribution < -0.4 is 23.8 Å². The standard InChI is InChI=1S/C28H39N3O7S/c1-5-7-15-29-28(33)24(6-2)30(19-21-10-8-11-23(17-21)36-3)27(32)12-9-16-31(39(4,34)35)22-13-14-25-26(18-22)38-20-37-25/h8,10-11,13-14,17-18,24H,5-7,9,12,15-16,19-20H2,1-4H3,(H,29,33)/t24-/m1/s1. The molecule has 2 aromatic carbocycles. The van der Waals surface area contributed by atoms with Crippen molar-refractivity contribution in [3.63, 3.8) is 0 Å². The number of anilines is 1. The van der Waals surface area contributed by atoms with E-state index in [1.165, 1.54) is 4.31 Å². The number of ether oxygens (including phenoxy) is 3. The molecule has 1 N–H and O–H groups in total. The molecule has 0 radical (unpaired) electrons. The Morgan fingerprint density at radius 3 is 2.54 bits per heavy atom. The Balaban J connectivity index is 1.76. The van der Waals surface area contributed by atoms with Crippen LogP contribution >= 0.6 is 0 Å². The maximum absolute atomic E-state index is 13.6. The summed E-state index contributed by atoms with van der Waals surface area (Å²) >= 11 is 0. The minimum absolute atomic E-state index is 0.0687. The molecular formula is C28H39N3O7S. The Morgan fingerprint density at radius 1 is 1.08 bits per heavy atom. The smallest absolute Gasteiger partial charge is 0.242 e. The van der Waals surface area contributed by atoms with Gasteiger partial charge in [0, 0.05) is 32.1 Å². The molecule has 0 aliphatic carbocycles. The predicted molar refractivity (Wildman–Crippen MR) is 150 cm³/mol. The zero-order valence-electron chi connectivity index (χ0n) is 23.1. The number of carbonyl (C=O) groups excluding carboxylic acids is 2. The first kappa shape index (κ1) is 30.1. The van der Waals surface area contributed by atoms with Gasteiger partial charge in [0.15, 0.2) is 11.5 Å². The van der Waals surface area contributed by atoms with Gasteiger partial charge < -0.3 is 24.4 Å². The molecular weight excluding hydrogens is 522 g/mol. The van der Waals surface area contributed by atoms with Crippen LogP contribution in [0.3, 0.4) is 0 Å². The van der Waals surface area contributed by atoms with E-state index in [-0.39, 0.29) is 44.5 Å². The molecule has 10 nitrogen and oxygen atoms in total. The number of hydrogen-bond acceptors (Lipinski definition) is 7. The molecule has 1 heterocycles. The van der Waals surface area contributed by atoms with Gasteiger partial charge in [-0.2, -0.15) is 0 Å². The van der Waals surface area contributed by atoms with E-state index in [0.29, 0.717) is 35.9 Å². The SMILES string of the molecule is CCCCNC(=O)[C@@H](CC)N(Cc1cccc(OC)c1)C(=O)CCCN(c1ccc2c(c1)OCO2)S(C)(=O)=O. The molecule has 0 spiro atoms. The Labute approximate surface area is 231 Å². The van der Waals surface area contributed by atoms with Crippen molar-refractivity contribution in [3.8, 4) is 17.2 Å². The summed E-state index contributed by atoms with van der Waals surface area (Å²) in [6.07, 6.45) is 3.71. The van der Waals surface area contributed by atoms with Crippen molar-refractivity contribution in [3.05, 3.63) is 48.0 Å². The van der Waals surface area contributed by atoms with Crippen LogP contribution in [0.4, 0.5) is 5.69 Å². The van der Waals surface area contributed by atoms with Crippen molar-refractivity contribution >= 4 is 27.5 Å². The minimum atomic E-state index is -3.62. The molecule has 0 bridgehead atoms. The number of hydrogen-bond donors (Lipinski definition) is 1.